The standard InChI is InChI=1S/C22H18Cl2N4OS2/c1-13-8-10-15(11-9-13)28-20(18-7-4-12-30-18)26-27-22(28)31-14(2)21(29)25-17-6-3-5-16(23)19(17)24/h3-12,14H,1-2H3,(H,25,29)/t14-/m0/s1. The Kier molecular flexibility index (Phi) is 6.67. The largest absolute Gasteiger partial charge is 0.324 e. The molecule has 0 saturated carbocycles. The van der Waals surface area contributed by atoms with Crippen LogP contribution in [0.4, 0.5) is 5.69 Å². The molecule has 0 bridgehead atoms. The van der Waals surface area contributed by atoms with E-state index in [0.717, 1.165) is 22.0 Å². The van der Waals surface area contributed by atoms with Gasteiger partial charge in [0, 0.05) is 5.69 Å². The second kappa shape index (κ2) is 9.44. The molecule has 1 atom stereocenters. The fraction of sp³-hybridized carbons (Fsp3) is 0.136. The number of benzene rings is 2. The number of rotatable bonds is 6. The molecule has 1 amide bonds. The molecule has 4 aromatic rings. The number of nitrogens with zero attached hydrogens (tertiary/aromatic N) is 3. The summed E-state index contributed by atoms with van der Waals surface area (Å²) in [5.41, 5.74) is 2.58. The van der Waals surface area contributed by atoms with Gasteiger partial charge in [-0.3, -0.25) is 9.36 Å². The minimum atomic E-state index is -0.445. The van der Waals surface area contributed by atoms with Gasteiger partial charge in [0.05, 0.1) is 25.9 Å². The average molecular weight is 489 g/mol. The van der Waals surface area contributed by atoms with Crippen molar-refractivity contribution >= 4 is 57.9 Å². The molecule has 4 rings (SSSR count). The molecule has 5 nitrogen and oxygen atoms in total. The van der Waals surface area contributed by atoms with Gasteiger partial charge in [-0.1, -0.05) is 64.8 Å². The van der Waals surface area contributed by atoms with E-state index < -0.39 is 5.25 Å². The molecule has 0 aliphatic rings. The summed E-state index contributed by atoms with van der Waals surface area (Å²) in [6.45, 7) is 3.86. The van der Waals surface area contributed by atoms with Gasteiger partial charge < -0.3 is 5.32 Å². The molecular weight excluding hydrogens is 471 g/mol. The number of amides is 1. The van der Waals surface area contributed by atoms with E-state index in [4.69, 9.17) is 23.2 Å². The van der Waals surface area contributed by atoms with E-state index in [-0.39, 0.29) is 5.91 Å². The Bertz CT molecular complexity index is 1210. The Labute approximate surface area is 198 Å². The normalized spacial score (nSPS) is 12.0. The van der Waals surface area contributed by atoms with Crippen molar-refractivity contribution in [2.75, 3.05) is 5.32 Å². The van der Waals surface area contributed by atoms with Crippen molar-refractivity contribution in [3.05, 3.63) is 75.6 Å². The van der Waals surface area contributed by atoms with Crippen molar-refractivity contribution in [3.63, 3.8) is 0 Å². The van der Waals surface area contributed by atoms with Gasteiger partial charge in [-0.2, -0.15) is 0 Å². The first-order valence-electron chi connectivity index (χ1n) is 9.42. The van der Waals surface area contributed by atoms with Crippen LogP contribution in [0.15, 0.2) is 65.1 Å². The molecule has 0 radical (unpaired) electrons. The second-order valence-electron chi connectivity index (χ2n) is 6.81. The summed E-state index contributed by atoms with van der Waals surface area (Å²) in [6.07, 6.45) is 0. The van der Waals surface area contributed by atoms with Crippen LogP contribution in [-0.4, -0.2) is 25.9 Å². The molecule has 0 saturated heterocycles. The first kappa shape index (κ1) is 21.9. The second-order valence-corrected chi connectivity index (χ2v) is 9.85. The zero-order valence-electron chi connectivity index (χ0n) is 16.7. The van der Waals surface area contributed by atoms with Crippen molar-refractivity contribution in [1.82, 2.24) is 14.8 Å². The van der Waals surface area contributed by atoms with Crippen LogP contribution in [0.2, 0.25) is 10.0 Å². The van der Waals surface area contributed by atoms with Gasteiger partial charge >= 0.3 is 0 Å². The third kappa shape index (κ3) is 4.80. The first-order chi connectivity index (χ1) is 14.9. The SMILES string of the molecule is Cc1ccc(-n2c(S[C@@H](C)C(=O)Nc3cccc(Cl)c3Cl)nnc2-c2cccs2)cc1. The van der Waals surface area contributed by atoms with Gasteiger partial charge in [0.25, 0.3) is 0 Å². The van der Waals surface area contributed by atoms with Gasteiger partial charge in [-0.25, -0.2) is 0 Å². The maximum atomic E-state index is 12.8. The van der Waals surface area contributed by atoms with Crippen LogP contribution >= 0.6 is 46.3 Å². The van der Waals surface area contributed by atoms with Crippen LogP contribution in [0, 0.1) is 6.92 Å². The third-order valence-electron chi connectivity index (χ3n) is 4.53. The minimum absolute atomic E-state index is 0.203. The molecule has 158 valence electrons. The lowest BCUT2D eigenvalue weighted by Crippen LogP contribution is -2.23. The van der Waals surface area contributed by atoms with Gasteiger partial charge in [-0.15, -0.1) is 21.5 Å². The zero-order valence-corrected chi connectivity index (χ0v) is 19.8. The number of halogens is 2. The van der Waals surface area contributed by atoms with E-state index in [9.17, 15) is 4.79 Å². The number of carbonyl (C=O) groups excluding carboxylic acids is 1. The fourth-order valence-corrected chi connectivity index (χ4v) is 4.80. The molecule has 0 spiro atoms. The van der Waals surface area contributed by atoms with Crippen LogP contribution in [0.25, 0.3) is 16.4 Å². The van der Waals surface area contributed by atoms with Crippen LogP contribution in [-0.2, 0) is 4.79 Å². The highest BCUT2D eigenvalue weighted by molar-refractivity contribution is 8.00. The Hall–Kier alpha value is -2.32. The van der Waals surface area contributed by atoms with Crippen LogP contribution in [0.3, 0.4) is 0 Å². The Morgan fingerprint density at radius 2 is 1.87 bits per heavy atom. The average Bonchev–Trinajstić information content (AvgIpc) is 3.42. The lowest BCUT2D eigenvalue weighted by Gasteiger charge is -2.14. The van der Waals surface area contributed by atoms with E-state index in [1.165, 1.54) is 11.8 Å². The molecule has 0 unspecified atom stereocenters. The van der Waals surface area contributed by atoms with E-state index in [2.05, 4.69) is 15.5 Å². The summed E-state index contributed by atoms with van der Waals surface area (Å²) in [4.78, 5) is 13.8. The number of aryl methyl sites for hydroxylation is 1. The van der Waals surface area contributed by atoms with E-state index in [0.29, 0.717) is 20.9 Å². The smallest absolute Gasteiger partial charge is 0.237 e. The summed E-state index contributed by atoms with van der Waals surface area (Å²) in [6, 6.07) is 17.2. The maximum Gasteiger partial charge on any atom is 0.237 e. The quantitative estimate of drug-likeness (QED) is 0.305. The molecule has 2 heterocycles. The van der Waals surface area contributed by atoms with Crippen molar-refractivity contribution in [1.29, 1.82) is 0 Å². The highest BCUT2D eigenvalue weighted by Gasteiger charge is 2.23. The molecule has 0 fully saturated rings. The van der Waals surface area contributed by atoms with Crippen molar-refractivity contribution in [2.45, 2.75) is 24.3 Å². The third-order valence-corrected chi connectivity index (χ3v) is 7.26. The highest BCUT2D eigenvalue weighted by atomic mass is 35.5. The number of hydrogen-bond acceptors (Lipinski definition) is 5. The molecule has 1 N–H and O–H groups in total. The topological polar surface area (TPSA) is 59.8 Å². The molecule has 2 aromatic heterocycles. The fourth-order valence-electron chi connectivity index (χ4n) is 2.88. The summed E-state index contributed by atoms with van der Waals surface area (Å²) in [5.74, 6) is 0.539. The predicted octanol–water partition coefficient (Wildman–Crippen LogP) is 6.73. The molecule has 0 aliphatic heterocycles. The lowest BCUT2D eigenvalue weighted by molar-refractivity contribution is -0.115. The number of anilines is 1. The van der Waals surface area contributed by atoms with Gasteiger partial charge in [0.2, 0.25) is 5.91 Å². The zero-order chi connectivity index (χ0) is 22.0. The first-order valence-corrected chi connectivity index (χ1v) is 11.9. The number of hydrogen-bond donors (Lipinski definition) is 1. The Morgan fingerprint density at radius 1 is 1.10 bits per heavy atom. The number of thioether (sulfide) groups is 1. The van der Waals surface area contributed by atoms with Crippen LogP contribution < -0.4 is 5.32 Å². The van der Waals surface area contributed by atoms with Gasteiger partial charge in [0.1, 0.15) is 0 Å². The summed E-state index contributed by atoms with van der Waals surface area (Å²) in [7, 11) is 0. The Balaban J connectivity index is 1.62. The minimum Gasteiger partial charge on any atom is -0.324 e. The van der Waals surface area contributed by atoms with E-state index >= 15 is 0 Å². The summed E-state index contributed by atoms with van der Waals surface area (Å²) >= 11 is 15.2. The highest BCUT2D eigenvalue weighted by Crippen LogP contribution is 2.33. The summed E-state index contributed by atoms with van der Waals surface area (Å²) < 4.78 is 1.98. The molecular formula is C22H18Cl2N4OS2. The monoisotopic (exact) mass is 488 g/mol. The van der Waals surface area contributed by atoms with Crippen molar-refractivity contribution in [2.24, 2.45) is 0 Å². The lowest BCUT2D eigenvalue weighted by atomic mass is 10.2. The maximum absolute atomic E-state index is 12.8. The molecule has 2 aromatic carbocycles. The molecule has 0 aliphatic carbocycles. The number of aromatic nitrogens is 3. The number of nitrogens with one attached hydrogen (secondary N) is 1. The van der Waals surface area contributed by atoms with Crippen molar-refractivity contribution < 1.29 is 4.79 Å². The number of carbonyl (C=O) groups is 1. The van der Waals surface area contributed by atoms with Crippen molar-refractivity contribution in [3.8, 4) is 16.4 Å². The van der Waals surface area contributed by atoms with Gasteiger partial charge in [-0.05, 0) is 49.6 Å². The van der Waals surface area contributed by atoms with Crippen LogP contribution in [0.5, 0.6) is 0 Å². The van der Waals surface area contributed by atoms with Gasteiger partial charge in [0.15, 0.2) is 11.0 Å². The Morgan fingerprint density at radius 3 is 2.58 bits per heavy atom. The summed E-state index contributed by atoms with van der Waals surface area (Å²) in [5, 5.41) is 14.5. The van der Waals surface area contributed by atoms with E-state index in [1.54, 1.807) is 29.5 Å². The van der Waals surface area contributed by atoms with E-state index in [1.807, 2.05) is 60.2 Å². The molecule has 9 heteroatoms. The molecule has 31 heavy (non-hydrogen) atoms. The van der Waals surface area contributed by atoms with Crippen LogP contribution in [0.1, 0.15) is 12.5 Å². The number of thiophene rings is 1. The predicted molar refractivity (Wildman–Crippen MR) is 130 cm³/mol.